The van der Waals surface area contributed by atoms with E-state index in [4.69, 9.17) is 14.2 Å². The van der Waals surface area contributed by atoms with Gasteiger partial charge in [0.15, 0.2) is 18.1 Å². The topological polar surface area (TPSA) is 103 Å². The number of ether oxygens (including phenoxy) is 3. The lowest BCUT2D eigenvalue weighted by Crippen LogP contribution is -2.35. The van der Waals surface area contributed by atoms with E-state index in [2.05, 4.69) is 10.6 Å². The molecule has 0 aliphatic carbocycles. The third-order valence-electron chi connectivity index (χ3n) is 4.54. The fraction of sp³-hybridized carbons (Fsp3) is 0.261. The third kappa shape index (κ3) is 6.08. The number of fused-ring (bicyclic) bond motifs is 1. The van der Waals surface area contributed by atoms with Crippen molar-refractivity contribution in [1.29, 1.82) is 0 Å². The normalized spacial score (nSPS) is 12.0. The second-order valence-electron chi connectivity index (χ2n) is 7.15. The number of carbonyl (C=O) groups excluding carboxylic acids is 3. The number of hydrogen-bond acceptors (Lipinski definition) is 6. The maximum absolute atomic E-state index is 12.1. The second-order valence-corrected chi connectivity index (χ2v) is 7.15. The molecule has 3 rings (SSSR count). The summed E-state index contributed by atoms with van der Waals surface area (Å²) in [5.74, 6) is -0.365. The molecule has 1 aliphatic rings. The van der Waals surface area contributed by atoms with Crippen molar-refractivity contribution in [2.45, 2.75) is 20.8 Å². The van der Waals surface area contributed by atoms with Crippen LogP contribution in [0.15, 0.2) is 36.4 Å². The minimum absolute atomic E-state index is 0.169. The van der Waals surface area contributed by atoms with E-state index in [1.807, 2.05) is 32.9 Å². The highest BCUT2D eigenvalue weighted by Crippen LogP contribution is 2.32. The van der Waals surface area contributed by atoms with Crippen molar-refractivity contribution in [3.63, 3.8) is 0 Å². The van der Waals surface area contributed by atoms with Crippen LogP contribution in [-0.4, -0.2) is 37.7 Å². The van der Waals surface area contributed by atoms with Gasteiger partial charge in [0.1, 0.15) is 0 Å². The average molecular weight is 424 g/mol. The molecule has 0 saturated carbocycles. The third-order valence-corrected chi connectivity index (χ3v) is 4.54. The lowest BCUT2D eigenvalue weighted by atomic mass is 10.1. The van der Waals surface area contributed by atoms with Crippen LogP contribution in [0.5, 0.6) is 11.5 Å². The number of hydrogen-bond donors (Lipinski definition) is 2. The maximum atomic E-state index is 12.1. The number of amides is 2. The van der Waals surface area contributed by atoms with E-state index in [9.17, 15) is 14.4 Å². The lowest BCUT2D eigenvalue weighted by Gasteiger charge is -2.13. The monoisotopic (exact) mass is 424 g/mol. The molecule has 0 fully saturated rings. The molecule has 0 aromatic heterocycles. The second kappa shape index (κ2) is 9.80. The molecule has 0 radical (unpaired) electrons. The SMILES string of the molecule is Cc1cc(C)c(NC(=O)CNC(=O)COC(=O)/C=C/c2ccc3c(c2)OCO3)c(C)c1. The predicted octanol–water partition coefficient (Wildman–Crippen LogP) is 2.65. The van der Waals surface area contributed by atoms with E-state index in [-0.39, 0.29) is 19.2 Å². The Balaban J connectivity index is 1.40. The van der Waals surface area contributed by atoms with Crippen LogP contribution >= 0.6 is 0 Å². The number of esters is 1. The van der Waals surface area contributed by atoms with Gasteiger partial charge in [-0.05, 0) is 55.7 Å². The highest BCUT2D eigenvalue weighted by atomic mass is 16.7. The summed E-state index contributed by atoms with van der Waals surface area (Å²) in [6, 6.07) is 9.18. The smallest absolute Gasteiger partial charge is 0.331 e. The Labute approximate surface area is 180 Å². The van der Waals surface area contributed by atoms with Gasteiger partial charge in [0.25, 0.3) is 5.91 Å². The molecule has 0 spiro atoms. The molecule has 2 aromatic carbocycles. The standard InChI is InChI=1S/C23H24N2O6/c1-14-8-15(2)23(16(3)9-14)25-20(26)11-24-21(27)12-29-22(28)7-5-17-4-6-18-19(10-17)31-13-30-18/h4-10H,11-13H2,1-3H3,(H,24,27)(H,25,26)/b7-5+. The van der Waals surface area contributed by atoms with Gasteiger partial charge < -0.3 is 24.8 Å². The van der Waals surface area contributed by atoms with Crippen LogP contribution < -0.4 is 20.1 Å². The fourth-order valence-electron chi connectivity index (χ4n) is 3.16. The molecule has 0 unspecified atom stereocenters. The quantitative estimate of drug-likeness (QED) is 0.523. The first-order valence-electron chi connectivity index (χ1n) is 9.70. The first kappa shape index (κ1) is 21.9. The van der Waals surface area contributed by atoms with E-state index in [1.165, 1.54) is 6.08 Å². The molecule has 8 nitrogen and oxygen atoms in total. The van der Waals surface area contributed by atoms with Crippen LogP contribution in [0.4, 0.5) is 5.69 Å². The van der Waals surface area contributed by atoms with Crippen LogP contribution in [-0.2, 0) is 19.1 Å². The van der Waals surface area contributed by atoms with Crippen molar-refractivity contribution in [2.24, 2.45) is 0 Å². The summed E-state index contributed by atoms with van der Waals surface area (Å²) in [6.45, 7) is 5.26. The Bertz CT molecular complexity index is 1020. The van der Waals surface area contributed by atoms with Crippen molar-refractivity contribution in [3.05, 3.63) is 58.7 Å². The molecule has 0 saturated heterocycles. The van der Waals surface area contributed by atoms with Gasteiger partial charge >= 0.3 is 5.97 Å². The van der Waals surface area contributed by atoms with Gasteiger partial charge in [0.05, 0.1) is 6.54 Å². The first-order chi connectivity index (χ1) is 14.8. The summed E-state index contributed by atoms with van der Waals surface area (Å²) in [5.41, 5.74) is 4.45. The zero-order valence-corrected chi connectivity index (χ0v) is 17.6. The molecule has 0 bridgehead atoms. The highest BCUT2D eigenvalue weighted by molar-refractivity contribution is 5.96. The van der Waals surface area contributed by atoms with E-state index < -0.39 is 18.5 Å². The van der Waals surface area contributed by atoms with Crippen molar-refractivity contribution < 1.29 is 28.6 Å². The number of rotatable bonds is 7. The molecule has 1 heterocycles. The Morgan fingerprint density at radius 3 is 2.45 bits per heavy atom. The van der Waals surface area contributed by atoms with Gasteiger partial charge in [-0.2, -0.15) is 0 Å². The highest BCUT2D eigenvalue weighted by Gasteiger charge is 2.13. The minimum atomic E-state index is -0.678. The van der Waals surface area contributed by atoms with E-state index >= 15 is 0 Å². The molecular weight excluding hydrogens is 400 g/mol. The molecule has 2 N–H and O–H groups in total. The summed E-state index contributed by atoms with van der Waals surface area (Å²) in [6.07, 6.45) is 2.75. The average Bonchev–Trinajstić information content (AvgIpc) is 3.19. The van der Waals surface area contributed by atoms with Crippen LogP contribution in [0.3, 0.4) is 0 Å². The van der Waals surface area contributed by atoms with Crippen LogP contribution in [0.25, 0.3) is 6.08 Å². The molecule has 1 aliphatic heterocycles. The van der Waals surface area contributed by atoms with Gasteiger partial charge in [-0.1, -0.05) is 23.8 Å². The Morgan fingerprint density at radius 1 is 1.00 bits per heavy atom. The molecule has 2 aromatic rings. The Kier molecular flexibility index (Phi) is 6.92. The van der Waals surface area contributed by atoms with Crippen LogP contribution in [0, 0.1) is 20.8 Å². The summed E-state index contributed by atoms with van der Waals surface area (Å²) < 4.78 is 15.4. The van der Waals surface area contributed by atoms with E-state index in [0.717, 1.165) is 27.9 Å². The maximum Gasteiger partial charge on any atom is 0.331 e. The van der Waals surface area contributed by atoms with Crippen LogP contribution in [0.2, 0.25) is 0 Å². The van der Waals surface area contributed by atoms with Crippen molar-refractivity contribution in [2.75, 3.05) is 25.3 Å². The fourth-order valence-corrected chi connectivity index (χ4v) is 3.16. The zero-order chi connectivity index (χ0) is 22.4. The Morgan fingerprint density at radius 2 is 1.71 bits per heavy atom. The minimum Gasteiger partial charge on any atom is -0.454 e. The summed E-state index contributed by atoms with van der Waals surface area (Å²) in [7, 11) is 0. The predicted molar refractivity (Wildman–Crippen MR) is 115 cm³/mol. The van der Waals surface area contributed by atoms with Gasteiger partial charge in [-0.3, -0.25) is 9.59 Å². The number of anilines is 1. The van der Waals surface area contributed by atoms with Gasteiger partial charge in [0, 0.05) is 11.8 Å². The van der Waals surface area contributed by atoms with E-state index in [0.29, 0.717) is 11.5 Å². The van der Waals surface area contributed by atoms with Gasteiger partial charge in [0.2, 0.25) is 12.7 Å². The zero-order valence-electron chi connectivity index (χ0n) is 17.6. The van der Waals surface area contributed by atoms with Crippen molar-refractivity contribution in [3.8, 4) is 11.5 Å². The first-order valence-corrected chi connectivity index (χ1v) is 9.70. The van der Waals surface area contributed by atoms with E-state index in [1.54, 1.807) is 24.3 Å². The van der Waals surface area contributed by atoms with Crippen LogP contribution in [0.1, 0.15) is 22.3 Å². The summed E-state index contributed by atoms with van der Waals surface area (Å²) in [4.78, 5) is 35.8. The largest absolute Gasteiger partial charge is 0.454 e. The molecule has 8 heteroatoms. The summed E-state index contributed by atoms with van der Waals surface area (Å²) >= 11 is 0. The number of aryl methyl sites for hydroxylation is 3. The molecule has 2 amide bonds. The van der Waals surface area contributed by atoms with Gasteiger partial charge in [-0.15, -0.1) is 0 Å². The summed E-state index contributed by atoms with van der Waals surface area (Å²) in [5, 5.41) is 5.22. The number of carbonyl (C=O) groups is 3. The molecular formula is C23H24N2O6. The molecule has 162 valence electrons. The van der Waals surface area contributed by atoms with Crippen molar-refractivity contribution >= 4 is 29.5 Å². The van der Waals surface area contributed by atoms with Crippen molar-refractivity contribution in [1.82, 2.24) is 5.32 Å². The lowest BCUT2D eigenvalue weighted by molar-refractivity contribution is -0.143. The Hall–Kier alpha value is -3.81. The van der Waals surface area contributed by atoms with Gasteiger partial charge in [-0.25, -0.2) is 4.79 Å². The molecule has 0 atom stereocenters. The number of benzene rings is 2. The number of nitrogens with one attached hydrogen (secondary N) is 2. The molecule has 31 heavy (non-hydrogen) atoms.